The van der Waals surface area contributed by atoms with Gasteiger partial charge in [0.15, 0.2) is 9.84 Å². The summed E-state index contributed by atoms with van der Waals surface area (Å²) in [4.78, 5) is 0.328. The van der Waals surface area contributed by atoms with Gasteiger partial charge in [0.2, 0.25) is 0 Å². The van der Waals surface area contributed by atoms with Crippen LogP contribution in [0.3, 0.4) is 0 Å². The van der Waals surface area contributed by atoms with Crippen molar-refractivity contribution >= 4 is 9.84 Å². The van der Waals surface area contributed by atoms with Gasteiger partial charge in [-0.05, 0) is 24.6 Å². The van der Waals surface area contributed by atoms with E-state index in [4.69, 9.17) is 5.11 Å². The molecule has 90 valence electrons. The average Bonchev–Trinajstić information content (AvgIpc) is 2.16. The van der Waals surface area contributed by atoms with Crippen molar-refractivity contribution in [3.63, 3.8) is 0 Å². The highest BCUT2D eigenvalue weighted by Gasteiger charge is 2.26. The van der Waals surface area contributed by atoms with E-state index in [1.54, 1.807) is 32.0 Å². The molecule has 1 N–H and O–H groups in total. The van der Waals surface area contributed by atoms with E-state index in [0.717, 1.165) is 5.56 Å². The molecule has 0 bridgehead atoms. The van der Waals surface area contributed by atoms with E-state index in [2.05, 4.69) is 0 Å². The predicted molar refractivity (Wildman–Crippen MR) is 64.1 cm³/mol. The minimum Gasteiger partial charge on any atom is -0.396 e. The summed E-state index contributed by atoms with van der Waals surface area (Å²) in [5.41, 5.74) is 0.311. The van der Waals surface area contributed by atoms with Crippen molar-refractivity contribution in [1.29, 1.82) is 0 Å². The molecule has 0 fully saturated rings. The van der Waals surface area contributed by atoms with E-state index in [1.807, 2.05) is 13.0 Å². The summed E-state index contributed by atoms with van der Waals surface area (Å²) < 4.78 is 24.1. The van der Waals surface area contributed by atoms with Crippen LogP contribution in [-0.2, 0) is 9.84 Å². The third-order valence-electron chi connectivity index (χ3n) is 2.36. The van der Waals surface area contributed by atoms with Crippen LogP contribution in [0.4, 0.5) is 0 Å². The van der Waals surface area contributed by atoms with Gasteiger partial charge in [-0.25, -0.2) is 8.42 Å². The van der Waals surface area contributed by atoms with Gasteiger partial charge < -0.3 is 5.11 Å². The molecule has 0 spiro atoms. The molecule has 1 aromatic carbocycles. The molecule has 0 saturated carbocycles. The van der Waals surface area contributed by atoms with Crippen LogP contribution in [0.5, 0.6) is 0 Å². The van der Waals surface area contributed by atoms with E-state index in [9.17, 15) is 8.42 Å². The fourth-order valence-electron chi connectivity index (χ4n) is 1.45. The van der Waals surface area contributed by atoms with Crippen LogP contribution >= 0.6 is 0 Å². The van der Waals surface area contributed by atoms with Gasteiger partial charge >= 0.3 is 0 Å². The third-order valence-corrected chi connectivity index (χ3v) is 4.49. The third kappa shape index (κ3) is 3.32. The van der Waals surface area contributed by atoms with Crippen molar-refractivity contribution in [2.75, 3.05) is 12.4 Å². The molecule has 0 aliphatic carbocycles. The molecule has 0 aliphatic rings. The Balaban J connectivity index is 3.04. The molecule has 0 unspecified atom stereocenters. The van der Waals surface area contributed by atoms with E-state index < -0.39 is 15.3 Å². The minimum atomic E-state index is -3.31. The summed E-state index contributed by atoms with van der Waals surface area (Å²) in [7, 11) is -3.31. The Bertz CT molecular complexity index is 461. The lowest BCUT2D eigenvalue weighted by atomic mass is 9.98. The quantitative estimate of drug-likeness (QED) is 0.875. The molecule has 4 heteroatoms. The Kier molecular flexibility index (Phi) is 3.76. The predicted octanol–water partition coefficient (Wildman–Crippen LogP) is 1.79. The first-order valence-corrected chi connectivity index (χ1v) is 6.82. The Morgan fingerprint density at radius 3 is 2.44 bits per heavy atom. The summed E-state index contributed by atoms with van der Waals surface area (Å²) in [6.45, 7) is 5.19. The largest absolute Gasteiger partial charge is 0.396 e. The normalized spacial score (nSPS) is 12.8. The lowest BCUT2D eigenvalue weighted by Crippen LogP contribution is -2.27. The number of aryl methyl sites for hydroxylation is 1. The highest BCUT2D eigenvalue weighted by atomic mass is 32.2. The van der Waals surface area contributed by atoms with Gasteiger partial charge in [-0.15, -0.1) is 0 Å². The van der Waals surface area contributed by atoms with Crippen molar-refractivity contribution in [3.05, 3.63) is 29.8 Å². The molecule has 1 aromatic rings. The van der Waals surface area contributed by atoms with E-state index in [0.29, 0.717) is 4.90 Å². The second-order valence-corrected chi connectivity index (χ2v) is 6.89. The number of benzene rings is 1. The molecule has 0 aromatic heterocycles. The first-order valence-electron chi connectivity index (χ1n) is 5.17. The van der Waals surface area contributed by atoms with Gasteiger partial charge in [0, 0.05) is 12.0 Å². The second kappa shape index (κ2) is 4.55. The summed E-state index contributed by atoms with van der Waals surface area (Å²) in [6, 6.07) is 6.84. The second-order valence-electron chi connectivity index (χ2n) is 4.90. The minimum absolute atomic E-state index is 0.0417. The SMILES string of the molecule is Cc1cccc(S(=O)(=O)CC(C)(C)CO)c1. The van der Waals surface area contributed by atoms with Crippen LogP contribution < -0.4 is 0 Å². The Labute approximate surface area is 97.0 Å². The lowest BCUT2D eigenvalue weighted by molar-refractivity contribution is 0.179. The number of aliphatic hydroxyl groups is 1. The zero-order chi connectivity index (χ0) is 12.4. The van der Waals surface area contributed by atoms with Crippen molar-refractivity contribution < 1.29 is 13.5 Å². The number of rotatable bonds is 4. The highest BCUT2D eigenvalue weighted by Crippen LogP contribution is 2.22. The average molecular weight is 242 g/mol. The highest BCUT2D eigenvalue weighted by molar-refractivity contribution is 7.91. The molecule has 0 radical (unpaired) electrons. The number of sulfone groups is 1. The molecule has 1 rings (SSSR count). The smallest absolute Gasteiger partial charge is 0.178 e. The number of hydrogen-bond donors (Lipinski definition) is 1. The van der Waals surface area contributed by atoms with Crippen molar-refractivity contribution in [3.8, 4) is 0 Å². The van der Waals surface area contributed by atoms with E-state index >= 15 is 0 Å². The molecule has 0 atom stereocenters. The van der Waals surface area contributed by atoms with Crippen molar-refractivity contribution in [2.24, 2.45) is 5.41 Å². The van der Waals surface area contributed by atoms with Gasteiger partial charge in [0.25, 0.3) is 0 Å². The van der Waals surface area contributed by atoms with Crippen LogP contribution in [0.1, 0.15) is 19.4 Å². The van der Waals surface area contributed by atoms with Crippen molar-refractivity contribution in [1.82, 2.24) is 0 Å². The molecular weight excluding hydrogens is 224 g/mol. The summed E-state index contributed by atoms with van der Waals surface area (Å²) in [6.07, 6.45) is 0. The van der Waals surface area contributed by atoms with Crippen LogP contribution in [0.15, 0.2) is 29.2 Å². The monoisotopic (exact) mass is 242 g/mol. The molecule has 16 heavy (non-hydrogen) atoms. The molecule has 0 aliphatic heterocycles. The fraction of sp³-hybridized carbons (Fsp3) is 0.500. The molecule has 0 amide bonds. The van der Waals surface area contributed by atoms with Gasteiger partial charge in [-0.2, -0.15) is 0 Å². The molecular formula is C12H18O3S. The number of aliphatic hydroxyl groups excluding tert-OH is 1. The standard InChI is InChI=1S/C12H18O3S/c1-10-5-4-6-11(7-10)16(14,15)9-12(2,3)8-13/h4-7,13H,8-9H2,1-3H3. The van der Waals surface area contributed by atoms with Gasteiger partial charge in [0.1, 0.15) is 0 Å². The zero-order valence-corrected chi connectivity index (χ0v) is 10.7. The van der Waals surface area contributed by atoms with Crippen molar-refractivity contribution in [2.45, 2.75) is 25.7 Å². The molecule has 0 saturated heterocycles. The molecule has 0 heterocycles. The summed E-state index contributed by atoms with van der Waals surface area (Å²) in [5.74, 6) is -0.0417. The topological polar surface area (TPSA) is 54.4 Å². The number of hydrogen-bond acceptors (Lipinski definition) is 3. The first-order chi connectivity index (χ1) is 7.27. The maximum absolute atomic E-state index is 12.0. The van der Waals surface area contributed by atoms with Crippen LogP contribution in [0.2, 0.25) is 0 Å². The fourth-order valence-corrected chi connectivity index (χ4v) is 3.39. The Morgan fingerprint density at radius 1 is 1.31 bits per heavy atom. The zero-order valence-electron chi connectivity index (χ0n) is 9.90. The van der Waals surface area contributed by atoms with Crippen LogP contribution in [0, 0.1) is 12.3 Å². The summed E-state index contributed by atoms with van der Waals surface area (Å²) in [5, 5.41) is 9.09. The Morgan fingerprint density at radius 2 is 1.94 bits per heavy atom. The maximum atomic E-state index is 12.0. The van der Waals surface area contributed by atoms with Gasteiger partial charge in [-0.1, -0.05) is 26.0 Å². The Hall–Kier alpha value is -0.870. The van der Waals surface area contributed by atoms with E-state index in [-0.39, 0.29) is 12.4 Å². The van der Waals surface area contributed by atoms with E-state index in [1.165, 1.54) is 0 Å². The molecule has 3 nitrogen and oxygen atoms in total. The summed E-state index contributed by atoms with van der Waals surface area (Å²) >= 11 is 0. The maximum Gasteiger partial charge on any atom is 0.178 e. The van der Waals surface area contributed by atoms with Gasteiger partial charge in [-0.3, -0.25) is 0 Å². The lowest BCUT2D eigenvalue weighted by Gasteiger charge is -2.21. The first kappa shape index (κ1) is 13.2. The van der Waals surface area contributed by atoms with Crippen LogP contribution in [-0.4, -0.2) is 25.9 Å². The van der Waals surface area contributed by atoms with Crippen LogP contribution in [0.25, 0.3) is 0 Å². The van der Waals surface area contributed by atoms with Gasteiger partial charge in [0.05, 0.1) is 10.6 Å².